The van der Waals surface area contributed by atoms with Crippen molar-refractivity contribution in [1.29, 1.82) is 0 Å². The number of nitro groups is 1. The van der Waals surface area contributed by atoms with Crippen molar-refractivity contribution in [3.63, 3.8) is 0 Å². The molecule has 16 heavy (non-hydrogen) atoms. The van der Waals surface area contributed by atoms with Crippen LogP contribution in [0.25, 0.3) is 0 Å². The highest BCUT2D eigenvalue weighted by Crippen LogP contribution is 2.35. The Labute approximate surface area is 102 Å². The maximum Gasteiger partial charge on any atom is 0.269 e. The minimum Gasteiger partial charge on any atom is -0.289 e. The quantitative estimate of drug-likeness (QED) is 0.373. The highest BCUT2D eigenvalue weighted by atomic mass is 79.9. The fraction of sp³-hybridized carbons (Fsp3) is 0.200. The highest BCUT2D eigenvalue weighted by Gasteiger charge is 2.08. The summed E-state index contributed by atoms with van der Waals surface area (Å²) in [6, 6.07) is 5.60. The number of carbonyl (C=O) groups is 1. The lowest BCUT2D eigenvalue weighted by Crippen LogP contribution is -2.01. The number of rotatable bonds is 3. The standard InChI is InChI=1S/C10H11BrNO3S/c1-16(2,11)7-10(13)8-3-5-9(6-4-8)12(14)15/h3-7H,1-2H3. The molecule has 1 radical (unpaired) electrons. The summed E-state index contributed by atoms with van der Waals surface area (Å²) in [6.07, 6.45) is 3.85. The van der Waals surface area contributed by atoms with Crippen molar-refractivity contribution in [2.24, 2.45) is 0 Å². The normalized spacial score (nSPS) is 10.9. The first-order valence-corrected chi connectivity index (χ1v) is 8.71. The first-order valence-electron chi connectivity index (χ1n) is 4.36. The van der Waals surface area contributed by atoms with Crippen LogP contribution in [0.15, 0.2) is 24.3 Å². The van der Waals surface area contributed by atoms with Crippen molar-refractivity contribution in [2.75, 3.05) is 12.5 Å². The van der Waals surface area contributed by atoms with Gasteiger partial charge in [0.1, 0.15) is 0 Å². The molecule has 0 aliphatic rings. The predicted octanol–water partition coefficient (Wildman–Crippen LogP) is 2.95. The summed E-state index contributed by atoms with van der Waals surface area (Å²) < 4.78 is 0. The van der Waals surface area contributed by atoms with Crippen molar-refractivity contribution >= 4 is 39.7 Å². The Morgan fingerprint density at radius 2 is 1.88 bits per heavy atom. The average Bonchev–Trinajstić information content (AvgIpc) is 2.15. The molecule has 0 N–H and O–H groups in total. The summed E-state index contributed by atoms with van der Waals surface area (Å²) >= 11 is 3.41. The Bertz CT molecular complexity index is 467. The van der Waals surface area contributed by atoms with E-state index in [0.717, 1.165) is 0 Å². The Kier molecular flexibility index (Phi) is 3.98. The number of hydrogen-bond acceptors (Lipinski definition) is 3. The Morgan fingerprint density at radius 1 is 1.38 bits per heavy atom. The molecule has 0 aliphatic carbocycles. The third-order valence-corrected chi connectivity index (χ3v) is 3.09. The summed E-state index contributed by atoms with van der Waals surface area (Å²) in [5, 5.41) is 12.0. The molecular formula is C10H11BrNO3S. The van der Waals surface area contributed by atoms with Gasteiger partial charge < -0.3 is 0 Å². The first kappa shape index (κ1) is 13.1. The van der Waals surface area contributed by atoms with Crippen LogP contribution in [0.2, 0.25) is 0 Å². The first-order chi connectivity index (χ1) is 7.29. The van der Waals surface area contributed by atoms with Gasteiger partial charge in [-0.2, -0.15) is 8.05 Å². The molecule has 87 valence electrons. The van der Waals surface area contributed by atoms with Crippen molar-refractivity contribution in [3.05, 3.63) is 39.9 Å². The molecule has 0 saturated heterocycles. The molecule has 0 atom stereocenters. The molecule has 1 aromatic rings. The van der Waals surface area contributed by atoms with E-state index in [1.165, 1.54) is 24.3 Å². The third kappa shape index (κ3) is 3.86. The molecule has 0 bridgehead atoms. The van der Waals surface area contributed by atoms with E-state index in [9.17, 15) is 14.9 Å². The molecule has 0 aromatic heterocycles. The van der Waals surface area contributed by atoms with Crippen LogP contribution in [0.3, 0.4) is 0 Å². The van der Waals surface area contributed by atoms with Gasteiger partial charge in [0.05, 0.1) is 4.92 Å². The van der Waals surface area contributed by atoms with Crippen molar-refractivity contribution in [3.8, 4) is 0 Å². The fourth-order valence-electron chi connectivity index (χ4n) is 1.07. The number of halogens is 1. The molecule has 0 spiro atoms. The molecule has 0 heterocycles. The van der Waals surface area contributed by atoms with Crippen LogP contribution in [-0.4, -0.2) is 28.6 Å². The van der Waals surface area contributed by atoms with E-state index in [1.807, 2.05) is 12.5 Å². The SMILES string of the molecule is C[S](C)(Br)=CC(=O)c1ccc([N+](=O)[O-])cc1. The zero-order valence-corrected chi connectivity index (χ0v) is 11.2. The second-order valence-corrected chi connectivity index (χ2v) is 11.4. The predicted molar refractivity (Wildman–Crippen MR) is 71.9 cm³/mol. The van der Waals surface area contributed by atoms with E-state index < -0.39 is 13.0 Å². The van der Waals surface area contributed by atoms with Gasteiger partial charge in [0, 0.05) is 23.1 Å². The highest BCUT2D eigenvalue weighted by molar-refractivity contribution is 9.57. The zero-order valence-electron chi connectivity index (χ0n) is 8.84. The summed E-state index contributed by atoms with van der Waals surface area (Å²) in [6.45, 7) is 0. The average molecular weight is 305 g/mol. The molecule has 0 aliphatic heterocycles. The maximum absolute atomic E-state index is 11.7. The van der Waals surface area contributed by atoms with Crippen LogP contribution in [0.4, 0.5) is 5.69 Å². The van der Waals surface area contributed by atoms with Crippen molar-refractivity contribution in [1.82, 2.24) is 0 Å². The van der Waals surface area contributed by atoms with Gasteiger partial charge in [0.2, 0.25) is 0 Å². The number of hydrogen-bond donors (Lipinski definition) is 0. The minimum atomic E-state index is -1.19. The Hall–Kier alpha value is -1.01. The van der Waals surface area contributed by atoms with Crippen molar-refractivity contribution < 1.29 is 9.72 Å². The van der Waals surface area contributed by atoms with Crippen molar-refractivity contribution in [2.45, 2.75) is 0 Å². The molecule has 1 aromatic carbocycles. The van der Waals surface area contributed by atoms with Crippen LogP contribution in [0, 0.1) is 10.1 Å². The maximum atomic E-state index is 11.7. The van der Waals surface area contributed by atoms with E-state index >= 15 is 0 Å². The molecule has 0 saturated carbocycles. The summed E-state index contributed by atoms with van der Waals surface area (Å²) in [7, 11) is -1.19. The molecule has 1 rings (SSSR count). The van der Waals surface area contributed by atoms with E-state index in [4.69, 9.17) is 0 Å². The number of Topliss-reactive ketones (excluding diaryl/α,β-unsaturated/α-hetero) is 1. The summed E-state index contributed by atoms with van der Waals surface area (Å²) in [4.78, 5) is 21.6. The van der Waals surface area contributed by atoms with Gasteiger partial charge in [-0.25, -0.2) is 0 Å². The van der Waals surface area contributed by atoms with Gasteiger partial charge in [-0.3, -0.25) is 14.9 Å². The number of benzene rings is 1. The lowest BCUT2D eigenvalue weighted by Gasteiger charge is -2.06. The smallest absolute Gasteiger partial charge is 0.269 e. The lowest BCUT2D eigenvalue weighted by atomic mass is 10.1. The van der Waals surface area contributed by atoms with Gasteiger partial charge in [-0.05, 0) is 39.5 Å². The number of nitrogens with zero attached hydrogens (tertiary/aromatic N) is 1. The minimum absolute atomic E-state index is 0.0120. The number of carbonyl (C=O) groups excluding carboxylic acids is 1. The lowest BCUT2D eigenvalue weighted by molar-refractivity contribution is -0.384. The largest absolute Gasteiger partial charge is 0.289 e. The summed E-state index contributed by atoms with van der Waals surface area (Å²) in [5.74, 6) is -0.119. The van der Waals surface area contributed by atoms with Gasteiger partial charge in [-0.15, -0.1) is 0 Å². The van der Waals surface area contributed by atoms with Gasteiger partial charge in [-0.1, -0.05) is 0 Å². The van der Waals surface area contributed by atoms with E-state index in [1.54, 1.807) is 5.37 Å². The number of nitro benzene ring substituents is 1. The molecular weight excluding hydrogens is 294 g/mol. The number of non-ortho nitro benzene ring substituents is 1. The second kappa shape index (κ2) is 4.88. The monoisotopic (exact) mass is 304 g/mol. The third-order valence-electron chi connectivity index (χ3n) is 1.75. The molecule has 0 fully saturated rings. The number of ketones is 1. The van der Waals surface area contributed by atoms with E-state index in [2.05, 4.69) is 14.8 Å². The molecule has 0 amide bonds. The Balaban J connectivity index is 3.00. The van der Waals surface area contributed by atoms with Gasteiger partial charge in [0.15, 0.2) is 5.78 Å². The fourth-order valence-corrected chi connectivity index (χ4v) is 2.22. The zero-order chi connectivity index (χ0) is 12.3. The van der Waals surface area contributed by atoms with Crippen LogP contribution < -0.4 is 0 Å². The molecule has 6 heteroatoms. The van der Waals surface area contributed by atoms with Gasteiger partial charge >= 0.3 is 0 Å². The van der Waals surface area contributed by atoms with E-state index in [0.29, 0.717) is 5.56 Å². The van der Waals surface area contributed by atoms with Crippen LogP contribution in [0.1, 0.15) is 10.4 Å². The van der Waals surface area contributed by atoms with Crippen LogP contribution in [-0.2, 0) is 0 Å². The molecule has 0 unspecified atom stereocenters. The Morgan fingerprint density at radius 3 is 2.25 bits per heavy atom. The van der Waals surface area contributed by atoms with Gasteiger partial charge in [0.25, 0.3) is 5.69 Å². The topological polar surface area (TPSA) is 60.2 Å². The van der Waals surface area contributed by atoms with Crippen LogP contribution >= 0.6 is 22.9 Å². The van der Waals surface area contributed by atoms with Crippen LogP contribution in [0.5, 0.6) is 0 Å². The summed E-state index contributed by atoms with van der Waals surface area (Å²) in [5.41, 5.74) is 0.452. The van der Waals surface area contributed by atoms with E-state index in [-0.39, 0.29) is 11.5 Å². The second-order valence-electron chi connectivity index (χ2n) is 3.56. The molecule has 4 nitrogen and oxygen atoms in total.